The quantitative estimate of drug-likeness (QED) is 0.582. The van der Waals surface area contributed by atoms with Crippen molar-refractivity contribution < 1.29 is 25.2 Å². The summed E-state index contributed by atoms with van der Waals surface area (Å²) >= 11 is 0. The maximum Gasteiger partial charge on any atom is 0 e. The van der Waals surface area contributed by atoms with E-state index in [-0.39, 0.29) is 20.4 Å². The molecule has 2 aromatic rings. The van der Waals surface area contributed by atoms with E-state index >= 15 is 0 Å². The first-order valence-corrected chi connectivity index (χ1v) is 4.78. The number of hydrogen-bond acceptors (Lipinski definition) is 1. The molecule has 0 saturated carbocycles. The van der Waals surface area contributed by atoms with E-state index in [1.807, 2.05) is 12.1 Å². The SMILES string of the molecule is C[C-]=O.[Pd].c1ccc(-c2ccccc2)cc1. The minimum atomic E-state index is 0. The first-order valence-electron chi connectivity index (χ1n) is 4.78. The molecule has 0 aliphatic carbocycles. The molecule has 1 nitrogen and oxygen atoms in total. The van der Waals surface area contributed by atoms with Crippen LogP contribution in [0.15, 0.2) is 60.7 Å². The first kappa shape index (κ1) is 14.8. The van der Waals surface area contributed by atoms with E-state index in [1.165, 1.54) is 24.3 Å². The van der Waals surface area contributed by atoms with E-state index in [1.54, 1.807) is 0 Å². The van der Waals surface area contributed by atoms with Crippen LogP contribution in [0.2, 0.25) is 0 Å². The molecule has 0 bridgehead atoms. The zero-order valence-corrected chi connectivity index (χ0v) is 10.6. The maximum absolute atomic E-state index is 8.68. The van der Waals surface area contributed by atoms with Crippen molar-refractivity contribution in [2.45, 2.75) is 6.92 Å². The molecule has 0 heterocycles. The third-order valence-electron chi connectivity index (χ3n) is 1.88. The van der Waals surface area contributed by atoms with E-state index in [4.69, 9.17) is 4.79 Å². The molecular weight excluding hydrogens is 291 g/mol. The number of carbonyl (C=O) groups excluding carboxylic acids is 1. The van der Waals surface area contributed by atoms with Gasteiger partial charge in [-0.05, 0) is 11.1 Å². The van der Waals surface area contributed by atoms with Crippen LogP contribution in [0.1, 0.15) is 6.92 Å². The summed E-state index contributed by atoms with van der Waals surface area (Å²) < 4.78 is 0. The molecule has 0 saturated heterocycles. The summed E-state index contributed by atoms with van der Waals surface area (Å²) in [5.74, 6) is 0. The Morgan fingerprint density at radius 2 is 1.00 bits per heavy atom. The molecule has 0 aliphatic heterocycles. The number of hydrogen-bond donors (Lipinski definition) is 0. The number of rotatable bonds is 1. The molecule has 0 fully saturated rings. The minimum absolute atomic E-state index is 0. The van der Waals surface area contributed by atoms with E-state index < -0.39 is 0 Å². The maximum atomic E-state index is 8.68. The van der Waals surface area contributed by atoms with Crippen LogP contribution in [0.25, 0.3) is 11.1 Å². The third-order valence-corrected chi connectivity index (χ3v) is 1.88. The van der Waals surface area contributed by atoms with Gasteiger partial charge in [-0.2, -0.15) is 6.92 Å². The van der Waals surface area contributed by atoms with Crippen molar-refractivity contribution >= 4 is 6.29 Å². The molecule has 2 aromatic carbocycles. The molecule has 0 radical (unpaired) electrons. The van der Waals surface area contributed by atoms with E-state index in [9.17, 15) is 0 Å². The average molecular weight is 304 g/mol. The smallest absolute Gasteiger partial charge is 0 e. The van der Waals surface area contributed by atoms with Crippen molar-refractivity contribution in [3.05, 3.63) is 60.7 Å². The molecule has 0 aromatic heterocycles. The fraction of sp³-hybridized carbons (Fsp3) is 0.0714. The second kappa shape index (κ2) is 9.03. The monoisotopic (exact) mass is 303 g/mol. The topological polar surface area (TPSA) is 17.1 Å². The second-order valence-electron chi connectivity index (χ2n) is 2.94. The van der Waals surface area contributed by atoms with Crippen LogP contribution in [0.4, 0.5) is 0 Å². The fourth-order valence-electron chi connectivity index (χ4n) is 1.26. The Labute approximate surface area is 110 Å². The van der Waals surface area contributed by atoms with Crippen molar-refractivity contribution in [2.24, 2.45) is 0 Å². The summed E-state index contributed by atoms with van der Waals surface area (Å²) in [5, 5.41) is 0. The molecule has 0 aliphatic rings. The van der Waals surface area contributed by atoms with Gasteiger partial charge in [-0.3, -0.25) is 6.29 Å². The molecule has 2 rings (SSSR count). The van der Waals surface area contributed by atoms with Gasteiger partial charge in [-0.1, -0.05) is 60.7 Å². The van der Waals surface area contributed by atoms with Crippen LogP contribution in [-0.2, 0) is 25.2 Å². The van der Waals surface area contributed by atoms with Crippen LogP contribution in [0, 0.1) is 0 Å². The van der Waals surface area contributed by atoms with Crippen molar-refractivity contribution in [2.75, 3.05) is 0 Å². The normalized spacial score (nSPS) is 8.06. The van der Waals surface area contributed by atoms with Crippen molar-refractivity contribution in [3.8, 4) is 11.1 Å². The molecule has 16 heavy (non-hydrogen) atoms. The van der Waals surface area contributed by atoms with E-state index in [2.05, 4.69) is 48.5 Å². The van der Waals surface area contributed by atoms with Crippen LogP contribution in [0.3, 0.4) is 0 Å². The largest absolute Gasteiger partial charge is 0.542 e. The van der Waals surface area contributed by atoms with Gasteiger partial charge in [0.25, 0.3) is 0 Å². The first-order chi connectivity index (χ1) is 7.38. The Morgan fingerprint density at radius 3 is 1.25 bits per heavy atom. The summed E-state index contributed by atoms with van der Waals surface area (Å²) in [5.41, 5.74) is 2.55. The van der Waals surface area contributed by atoms with Gasteiger partial charge in [0.2, 0.25) is 0 Å². The van der Waals surface area contributed by atoms with Gasteiger partial charge in [0, 0.05) is 20.4 Å². The van der Waals surface area contributed by atoms with Crippen molar-refractivity contribution in [1.82, 2.24) is 0 Å². The average Bonchev–Trinajstić information content (AvgIpc) is 2.32. The Morgan fingerprint density at radius 1 is 0.750 bits per heavy atom. The summed E-state index contributed by atoms with van der Waals surface area (Å²) in [6.07, 6.45) is 1.50. The Bertz CT molecular complexity index is 346. The van der Waals surface area contributed by atoms with Gasteiger partial charge >= 0.3 is 0 Å². The third kappa shape index (κ3) is 5.02. The zero-order chi connectivity index (χ0) is 10.9. The van der Waals surface area contributed by atoms with Crippen LogP contribution in [-0.4, -0.2) is 6.29 Å². The fourth-order valence-corrected chi connectivity index (χ4v) is 1.26. The summed E-state index contributed by atoms with van der Waals surface area (Å²) in [6.45, 7) is 1.32. The van der Waals surface area contributed by atoms with E-state index in [0.717, 1.165) is 0 Å². The summed E-state index contributed by atoms with van der Waals surface area (Å²) in [7, 11) is 0. The van der Waals surface area contributed by atoms with Crippen LogP contribution < -0.4 is 0 Å². The standard InChI is InChI=1S/C12H10.C2H3O.Pd/c1-3-7-11(8-4-1)12-9-5-2-6-10-12;1-2-3;/h1-10H;1H3;/q;-1;. The predicted octanol–water partition coefficient (Wildman–Crippen LogP) is 3.47. The van der Waals surface area contributed by atoms with Gasteiger partial charge in [0.05, 0.1) is 0 Å². The molecule has 2 heteroatoms. The Balaban J connectivity index is 0.000000511. The van der Waals surface area contributed by atoms with Crippen molar-refractivity contribution in [3.63, 3.8) is 0 Å². The van der Waals surface area contributed by atoms with Crippen molar-refractivity contribution in [1.29, 1.82) is 0 Å². The molecular formula is C14H13OPd-. The Hall–Kier alpha value is -1.23. The molecule has 0 atom stereocenters. The molecule has 0 amide bonds. The van der Waals surface area contributed by atoms with Gasteiger partial charge in [0.1, 0.15) is 0 Å². The molecule has 0 N–H and O–H groups in total. The predicted molar refractivity (Wildman–Crippen MR) is 63.2 cm³/mol. The number of benzene rings is 2. The van der Waals surface area contributed by atoms with Crippen LogP contribution >= 0.6 is 0 Å². The Kier molecular flexibility index (Phi) is 8.34. The zero-order valence-electron chi connectivity index (χ0n) is 9.00. The van der Waals surface area contributed by atoms with Gasteiger partial charge in [0.15, 0.2) is 0 Å². The van der Waals surface area contributed by atoms with E-state index in [0.29, 0.717) is 0 Å². The van der Waals surface area contributed by atoms with Crippen LogP contribution in [0.5, 0.6) is 0 Å². The van der Waals surface area contributed by atoms with Gasteiger partial charge in [-0.15, -0.1) is 0 Å². The summed E-state index contributed by atoms with van der Waals surface area (Å²) in [6, 6.07) is 20.8. The molecule has 0 unspecified atom stereocenters. The molecule has 86 valence electrons. The van der Waals surface area contributed by atoms with Gasteiger partial charge < -0.3 is 4.79 Å². The summed E-state index contributed by atoms with van der Waals surface area (Å²) in [4.78, 5) is 8.68. The molecule has 0 spiro atoms. The minimum Gasteiger partial charge on any atom is -0.542 e. The second-order valence-corrected chi connectivity index (χ2v) is 2.94. The van der Waals surface area contributed by atoms with Gasteiger partial charge in [-0.25, -0.2) is 0 Å².